The summed E-state index contributed by atoms with van der Waals surface area (Å²) >= 11 is 0. The van der Waals surface area contributed by atoms with E-state index in [-0.39, 0.29) is 11.9 Å². The van der Waals surface area contributed by atoms with Crippen LogP contribution >= 0.6 is 0 Å². The third-order valence-electron chi connectivity index (χ3n) is 4.33. The summed E-state index contributed by atoms with van der Waals surface area (Å²) in [5, 5.41) is 7.91. The molecule has 1 aromatic carbocycles. The first kappa shape index (κ1) is 13.1. The second kappa shape index (κ2) is 5.25. The number of piperidine rings is 1. The molecule has 5 heteroatoms. The largest absolute Gasteiger partial charge is 0.334 e. The minimum absolute atomic E-state index is 0.0573. The lowest BCUT2D eigenvalue weighted by Crippen LogP contribution is -2.51. The molecule has 0 bridgehead atoms. The number of benzene rings is 1. The molecular weight excluding hydrogens is 252 g/mol. The molecule has 0 saturated carbocycles. The zero-order valence-corrected chi connectivity index (χ0v) is 11.7. The summed E-state index contributed by atoms with van der Waals surface area (Å²) in [6, 6.07) is 5.84. The van der Waals surface area contributed by atoms with Crippen LogP contribution in [0.1, 0.15) is 30.1 Å². The van der Waals surface area contributed by atoms with Gasteiger partial charge in [0.15, 0.2) is 0 Å². The van der Waals surface area contributed by atoms with Gasteiger partial charge >= 0.3 is 0 Å². The summed E-state index contributed by atoms with van der Waals surface area (Å²) in [5.41, 5.74) is 7.38. The lowest BCUT2D eigenvalue weighted by atomic mass is 9.90. The first-order valence-electron chi connectivity index (χ1n) is 7.15. The fourth-order valence-electron chi connectivity index (χ4n) is 3.16. The van der Waals surface area contributed by atoms with Crippen LogP contribution in [0.5, 0.6) is 0 Å². The van der Waals surface area contributed by atoms with Crippen molar-refractivity contribution in [3.05, 3.63) is 30.0 Å². The van der Waals surface area contributed by atoms with Crippen LogP contribution in [0, 0.1) is 5.92 Å². The second-order valence-corrected chi connectivity index (χ2v) is 5.56. The fraction of sp³-hybridized carbons (Fsp3) is 0.467. The third-order valence-corrected chi connectivity index (χ3v) is 4.33. The average molecular weight is 272 g/mol. The molecule has 0 radical (unpaired) electrons. The van der Waals surface area contributed by atoms with Crippen LogP contribution in [0.2, 0.25) is 0 Å². The number of nitrogens with zero attached hydrogens (tertiary/aromatic N) is 2. The number of amides is 1. The molecule has 106 valence electrons. The Hall–Kier alpha value is -1.88. The highest BCUT2D eigenvalue weighted by Gasteiger charge is 2.32. The van der Waals surface area contributed by atoms with Crippen LogP contribution in [0.3, 0.4) is 0 Å². The van der Waals surface area contributed by atoms with E-state index in [0.717, 1.165) is 30.3 Å². The molecule has 1 saturated heterocycles. The smallest absolute Gasteiger partial charge is 0.256 e. The first-order valence-corrected chi connectivity index (χ1v) is 7.15. The molecule has 1 aliphatic rings. The molecule has 2 heterocycles. The van der Waals surface area contributed by atoms with E-state index in [4.69, 9.17) is 5.73 Å². The molecule has 2 unspecified atom stereocenters. The van der Waals surface area contributed by atoms with Crippen molar-refractivity contribution in [2.24, 2.45) is 11.7 Å². The number of hydrogen-bond acceptors (Lipinski definition) is 3. The van der Waals surface area contributed by atoms with Crippen LogP contribution in [-0.2, 0) is 0 Å². The quantitative estimate of drug-likeness (QED) is 0.874. The van der Waals surface area contributed by atoms with E-state index in [1.165, 1.54) is 0 Å². The second-order valence-electron chi connectivity index (χ2n) is 5.56. The summed E-state index contributed by atoms with van der Waals surface area (Å²) in [6.07, 6.45) is 3.92. The molecule has 0 spiro atoms. The van der Waals surface area contributed by atoms with Gasteiger partial charge in [-0.3, -0.25) is 9.89 Å². The van der Waals surface area contributed by atoms with Crippen molar-refractivity contribution in [1.82, 2.24) is 15.1 Å². The average Bonchev–Trinajstić information content (AvgIpc) is 2.94. The summed E-state index contributed by atoms with van der Waals surface area (Å²) in [5.74, 6) is 0.514. The molecule has 1 aliphatic heterocycles. The summed E-state index contributed by atoms with van der Waals surface area (Å²) in [7, 11) is 0. The molecule has 5 nitrogen and oxygen atoms in total. The Balaban J connectivity index is 1.97. The number of aromatic amines is 1. The molecule has 1 amide bonds. The topological polar surface area (TPSA) is 75.0 Å². The summed E-state index contributed by atoms with van der Waals surface area (Å²) < 4.78 is 0. The van der Waals surface area contributed by atoms with Gasteiger partial charge in [-0.1, -0.05) is 19.1 Å². The standard InChI is InChI=1S/C15H20N4O/c1-10-4-3-7-19(13(10)8-16)15(20)12-6-2-5-11-9-17-18-14(11)12/h2,5-6,9-10,13H,3-4,7-8,16H2,1H3,(H,17,18). The maximum absolute atomic E-state index is 12.8. The highest BCUT2D eigenvalue weighted by molar-refractivity contribution is 6.05. The van der Waals surface area contributed by atoms with Gasteiger partial charge in [-0.25, -0.2) is 0 Å². The Morgan fingerprint density at radius 1 is 1.55 bits per heavy atom. The van der Waals surface area contributed by atoms with E-state index in [2.05, 4.69) is 17.1 Å². The van der Waals surface area contributed by atoms with Gasteiger partial charge in [-0.2, -0.15) is 5.10 Å². The predicted molar refractivity (Wildman–Crippen MR) is 78.4 cm³/mol. The first-order chi connectivity index (χ1) is 9.72. The zero-order chi connectivity index (χ0) is 14.1. The minimum atomic E-state index is 0.0573. The van der Waals surface area contributed by atoms with Crippen molar-refractivity contribution in [2.75, 3.05) is 13.1 Å². The van der Waals surface area contributed by atoms with Crippen molar-refractivity contribution < 1.29 is 4.79 Å². The molecule has 20 heavy (non-hydrogen) atoms. The van der Waals surface area contributed by atoms with E-state index in [0.29, 0.717) is 18.0 Å². The van der Waals surface area contributed by atoms with E-state index in [1.807, 2.05) is 23.1 Å². The number of carbonyl (C=O) groups excluding carboxylic acids is 1. The van der Waals surface area contributed by atoms with Crippen LogP contribution in [0.25, 0.3) is 10.9 Å². The van der Waals surface area contributed by atoms with Crippen molar-refractivity contribution in [3.63, 3.8) is 0 Å². The molecule has 1 fully saturated rings. The molecule has 3 rings (SSSR count). The Labute approximate surface area is 118 Å². The highest BCUT2D eigenvalue weighted by atomic mass is 16.2. The van der Waals surface area contributed by atoms with E-state index in [9.17, 15) is 4.79 Å². The summed E-state index contributed by atoms with van der Waals surface area (Å²) in [6.45, 7) is 3.48. The fourth-order valence-corrected chi connectivity index (χ4v) is 3.16. The monoisotopic (exact) mass is 272 g/mol. The van der Waals surface area contributed by atoms with Crippen LogP contribution < -0.4 is 5.73 Å². The Bertz CT molecular complexity index is 621. The molecule has 2 aromatic rings. The van der Waals surface area contributed by atoms with Crippen molar-refractivity contribution in [1.29, 1.82) is 0 Å². The SMILES string of the molecule is CC1CCCN(C(=O)c2cccc3cn[nH]c23)C1CN. The zero-order valence-electron chi connectivity index (χ0n) is 11.7. The van der Waals surface area contributed by atoms with Gasteiger partial charge in [0.2, 0.25) is 0 Å². The van der Waals surface area contributed by atoms with Crippen LogP contribution in [0.4, 0.5) is 0 Å². The molecular formula is C15H20N4O. The number of aromatic nitrogens is 2. The van der Waals surface area contributed by atoms with E-state index in [1.54, 1.807) is 6.20 Å². The molecule has 1 aromatic heterocycles. The van der Waals surface area contributed by atoms with Crippen molar-refractivity contribution >= 4 is 16.8 Å². The molecule has 2 atom stereocenters. The van der Waals surface area contributed by atoms with E-state index < -0.39 is 0 Å². The predicted octanol–water partition coefficient (Wildman–Crippen LogP) is 1.76. The van der Waals surface area contributed by atoms with Gasteiger partial charge < -0.3 is 10.6 Å². The number of H-pyrrole nitrogens is 1. The number of para-hydroxylation sites is 1. The van der Waals surface area contributed by atoms with E-state index >= 15 is 0 Å². The maximum Gasteiger partial charge on any atom is 0.256 e. The molecule has 0 aliphatic carbocycles. The van der Waals surface area contributed by atoms with Crippen molar-refractivity contribution in [2.45, 2.75) is 25.8 Å². The number of nitrogens with one attached hydrogen (secondary N) is 1. The summed E-state index contributed by atoms with van der Waals surface area (Å²) in [4.78, 5) is 14.8. The van der Waals surface area contributed by atoms with Crippen LogP contribution in [-0.4, -0.2) is 40.1 Å². The Morgan fingerprint density at radius 2 is 2.40 bits per heavy atom. The Morgan fingerprint density at radius 3 is 3.20 bits per heavy atom. The minimum Gasteiger partial charge on any atom is -0.334 e. The lowest BCUT2D eigenvalue weighted by Gasteiger charge is -2.39. The highest BCUT2D eigenvalue weighted by Crippen LogP contribution is 2.26. The number of nitrogens with two attached hydrogens (primary N) is 1. The number of carbonyl (C=O) groups is 1. The van der Waals surface area contributed by atoms with Gasteiger partial charge in [0.25, 0.3) is 5.91 Å². The van der Waals surface area contributed by atoms with Gasteiger partial charge in [-0.05, 0) is 24.8 Å². The normalized spacial score (nSPS) is 23.2. The number of hydrogen-bond donors (Lipinski definition) is 2. The van der Waals surface area contributed by atoms with Gasteiger partial charge in [-0.15, -0.1) is 0 Å². The number of rotatable bonds is 2. The van der Waals surface area contributed by atoms with Crippen molar-refractivity contribution in [3.8, 4) is 0 Å². The molecule has 3 N–H and O–H groups in total. The van der Waals surface area contributed by atoms with Gasteiger partial charge in [0.1, 0.15) is 0 Å². The Kier molecular flexibility index (Phi) is 3.44. The maximum atomic E-state index is 12.8. The number of fused-ring (bicyclic) bond motifs is 1. The third kappa shape index (κ3) is 2.08. The van der Waals surface area contributed by atoms with Gasteiger partial charge in [0.05, 0.1) is 17.3 Å². The van der Waals surface area contributed by atoms with Crippen LogP contribution in [0.15, 0.2) is 24.4 Å². The number of likely N-dealkylation sites (tertiary alicyclic amines) is 1. The van der Waals surface area contributed by atoms with Gasteiger partial charge in [0, 0.05) is 24.5 Å². The lowest BCUT2D eigenvalue weighted by molar-refractivity contribution is 0.0534.